The van der Waals surface area contributed by atoms with Gasteiger partial charge in [-0.2, -0.15) is 0 Å². The first-order chi connectivity index (χ1) is 11.8. The van der Waals surface area contributed by atoms with Crippen molar-refractivity contribution in [3.05, 3.63) is 0 Å². The van der Waals surface area contributed by atoms with Gasteiger partial charge in [0.25, 0.3) is 0 Å². The highest BCUT2D eigenvalue weighted by molar-refractivity contribution is 5.84. The molecule has 1 aliphatic rings. The quantitative estimate of drug-likeness (QED) is 0.339. The molecule has 1 aliphatic carbocycles. The van der Waals surface area contributed by atoms with Gasteiger partial charge in [-0.15, -0.1) is 0 Å². The number of amides is 1. The number of nitrogens with zero attached hydrogens (tertiary/aromatic N) is 2. The lowest BCUT2D eigenvalue weighted by molar-refractivity contribution is -0.141. The zero-order chi connectivity index (χ0) is 19.0. The normalized spacial score (nSPS) is 24.2. The zero-order valence-corrected chi connectivity index (χ0v) is 15.0. The number of hydrogen-bond donors (Lipinski definition) is 4. The van der Waals surface area contributed by atoms with Crippen molar-refractivity contribution in [2.45, 2.75) is 57.7 Å². The first-order valence-corrected chi connectivity index (χ1v) is 8.50. The Hall–Kier alpha value is -2.32. The fourth-order valence-electron chi connectivity index (χ4n) is 3.21. The van der Waals surface area contributed by atoms with Crippen molar-refractivity contribution in [1.82, 2.24) is 5.32 Å². The monoisotopic (exact) mass is 355 g/mol. The number of methoxy groups -OCH3 is 1. The molecule has 0 spiro atoms. The maximum atomic E-state index is 12.7. The summed E-state index contributed by atoms with van der Waals surface area (Å²) in [7, 11) is 1.43. The van der Waals surface area contributed by atoms with E-state index in [2.05, 4.69) is 15.3 Å². The molecule has 142 valence electrons. The number of carboxylic acids is 1. The summed E-state index contributed by atoms with van der Waals surface area (Å²) < 4.78 is 4.86. The summed E-state index contributed by atoms with van der Waals surface area (Å²) in [5.41, 5.74) is 10.9. The van der Waals surface area contributed by atoms with Crippen molar-refractivity contribution in [2.24, 2.45) is 33.3 Å². The van der Waals surface area contributed by atoms with Gasteiger partial charge in [-0.05, 0) is 25.7 Å². The van der Waals surface area contributed by atoms with Crippen molar-refractivity contribution in [3.8, 4) is 0 Å². The van der Waals surface area contributed by atoms with E-state index in [-0.39, 0.29) is 30.8 Å². The van der Waals surface area contributed by atoms with Gasteiger partial charge < -0.3 is 26.6 Å². The molecule has 0 aromatic heterocycles. The van der Waals surface area contributed by atoms with Crippen LogP contribution in [0.3, 0.4) is 0 Å². The number of guanidine groups is 1. The highest BCUT2D eigenvalue weighted by Crippen LogP contribution is 2.37. The third-order valence-corrected chi connectivity index (χ3v) is 4.57. The fourth-order valence-corrected chi connectivity index (χ4v) is 3.21. The molecule has 0 heterocycles. The Morgan fingerprint density at radius 1 is 1.32 bits per heavy atom. The van der Waals surface area contributed by atoms with E-state index in [1.807, 2.05) is 13.8 Å². The van der Waals surface area contributed by atoms with Crippen LogP contribution in [-0.2, 0) is 14.3 Å². The third-order valence-electron chi connectivity index (χ3n) is 4.57. The van der Waals surface area contributed by atoms with Crippen molar-refractivity contribution in [3.63, 3.8) is 0 Å². The minimum Gasteiger partial charge on any atom is -0.487 e. The predicted molar refractivity (Wildman–Crippen MR) is 95.2 cm³/mol. The maximum Gasteiger partial charge on any atom is 0.306 e. The lowest BCUT2D eigenvalue weighted by atomic mass is 9.93. The molecule has 9 heteroatoms. The number of aliphatic imine (C=N–C) groups is 2. The molecule has 0 bridgehead atoms. The van der Waals surface area contributed by atoms with Gasteiger partial charge in [0.05, 0.1) is 19.1 Å². The van der Waals surface area contributed by atoms with Gasteiger partial charge in [0.2, 0.25) is 5.91 Å². The zero-order valence-electron chi connectivity index (χ0n) is 15.0. The largest absolute Gasteiger partial charge is 0.487 e. The number of carboxylic acid groups (broad SMARTS) is 1. The number of carbonyl (C=O) groups is 2. The lowest BCUT2D eigenvalue weighted by Crippen LogP contribution is -2.45. The number of nitrogens with one attached hydrogen (secondary N) is 1. The summed E-state index contributed by atoms with van der Waals surface area (Å²) in [6, 6.07) is -1.25. The first kappa shape index (κ1) is 20.7. The number of aliphatic carboxylic acids is 1. The first-order valence-electron chi connectivity index (χ1n) is 8.50. The summed E-state index contributed by atoms with van der Waals surface area (Å²) >= 11 is 0. The molecule has 0 aromatic rings. The lowest BCUT2D eigenvalue weighted by Gasteiger charge is -2.25. The van der Waals surface area contributed by atoms with Crippen molar-refractivity contribution < 1.29 is 19.4 Å². The molecular formula is C16H29N5O4. The molecule has 0 saturated heterocycles. The maximum absolute atomic E-state index is 12.7. The summed E-state index contributed by atoms with van der Waals surface area (Å²) in [5, 5.41) is 12.3. The molecule has 1 fully saturated rings. The van der Waals surface area contributed by atoms with E-state index in [1.54, 1.807) is 0 Å². The van der Waals surface area contributed by atoms with Crippen LogP contribution in [0, 0.1) is 11.8 Å². The van der Waals surface area contributed by atoms with Gasteiger partial charge in [-0.1, -0.05) is 13.8 Å². The van der Waals surface area contributed by atoms with Gasteiger partial charge in [0.15, 0.2) is 12.4 Å². The molecule has 0 aliphatic heterocycles. The molecule has 1 rings (SSSR count). The minimum absolute atomic E-state index is 0.0333. The molecule has 0 aromatic carbocycles. The number of ether oxygens (including phenoxy) is 1. The number of carbonyl (C=O) groups excluding carboxylic acids is 1. The van der Waals surface area contributed by atoms with Crippen LogP contribution in [0.2, 0.25) is 0 Å². The molecule has 1 amide bonds. The van der Waals surface area contributed by atoms with Gasteiger partial charge in [-0.25, -0.2) is 9.98 Å². The van der Waals surface area contributed by atoms with Crippen LogP contribution in [0.4, 0.5) is 0 Å². The van der Waals surface area contributed by atoms with E-state index in [0.717, 1.165) is 12.8 Å². The van der Waals surface area contributed by atoms with E-state index in [0.29, 0.717) is 0 Å². The molecule has 0 radical (unpaired) electrons. The Morgan fingerprint density at radius 3 is 2.44 bits per heavy atom. The van der Waals surface area contributed by atoms with Gasteiger partial charge >= 0.3 is 5.97 Å². The van der Waals surface area contributed by atoms with Crippen LogP contribution in [-0.4, -0.2) is 54.6 Å². The second kappa shape index (κ2) is 9.85. The Labute approximate surface area is 147 Å². The Balaban J connectivity index is 3.08. The van der Waals surface area contributed by atoms with E-state index in [9.17, 15) is 14.7 Å². The molecule has 25 heavy (non-hydrogen) atoms. The van der Waals surface area contributed by atoms with E-state index >= 15 is 0 Å². The van der Waals surface area contributed by atoms with E-state index in [1.165, 1.54) is 13.5 Å². The average molecular weight is 355 g/mol. The number of hydrogen-bond acceptors (Lipinski definition) is 5. The smallest absolute Gasteiger partial charge is 0.306 e. The number of rotatable bonds is 9. The van der Waals surface area contributed by atoms with Crippen molar-refractivity contribution >= 4 is 24.2 Å². The SMILES string of the molecule is CCC(CC)NC(=O)C(N=COC)[C@H]1CC(C(=O)O)C[C@@H]1N=C(N)N. The van der Waals surface area contributed by atoms with Gasteiger partial charge in [0.1, 0.15) is 6.04 Å². The molecule has 9 nitrogen and oxygen atoms in total. The second-order valence-electron chi connectivity index (χ2n) is 6.25. The van der Waals surface area contributed by atoms with E-state index < -0.39 is 29.9 Å². The average Bonchev–Trinajstić information content (AvgIpc) is 2.96. The van der Waals surface area contributed by atoms with Gasteiger partial charge in [0, 0.05) is 12.0 Å². The summed E-state index contributed by atoms with van der Waals surface area (Å²) in [5.74, 6) is -2.35. The second-order valence-corrected chi connectivity index (χ2v) is 6.25. The molecule has 1 saturated carbocycles. The van der Waals surface area contributed by atoms with E-state index in [4.69, 9.17) is 16.2 Å². The molecule has 4 atom stereocenters. The highest BCUT2D eigenvalue weighted by atomic mass is 16.5. The molecule has 6 N–H and O–H groups in total. The van der Waals surface area contributed by atoms with Crippen LogP contribution in [0.15, 0.2) is 9.98 Å². The third kappa shape index (κ3) is 5.91. The minimum atomic E-state index is -0.923. The van der Waals surface area contributed by atoms with Crippen LogP contribution in [0.1, 0.15) is 39.5 Å². The Bertz CT molecular complexity index is 515. The fraction of sp³-hybridized carbons (Fsp3) is 0.750. The summed E-state index contributed by atoms with van der Waals surface area (Å²) in [6.07, 6.45) is 3.33. The highest BCUT2D eigenvalue weighted by Gasteiger charge is 2.44. The summed E-state index contributed by atoms with van der Waals surface area (Å²) in [6.45, 7) is 3.97. The topological polar surface area (TPSA) is 152 Å². The van der Waals surface area contributed by atoms with Crippen molar-refractivity contribution in [1.29, 1.82) is 0 Å². The standard InChI is InChI=1S/C16H29N5O4/c1-4-10(5-2)20-14(22)13(19-8-25-3)11-6-9(15(23)24)7-12(11)21-16(17)18/h8-13H,4-7H2,1-3H3,(H,20,22)(H,23,24)(H4,17,18,21)/t9?,11-,12-,13?/m0/s1. The Kier molecular flexibility index (Phi) is 8.17. The van der Waals surface area contributed by atoms with Crippen molar-refractivity contribution in [2.75, 3.05) is 7.11 Å². The molecular weight excluding hydrogens is 326 g/mol. The predicted octanol–water partition coefficient (Wildman–Crippen LogP) is 0.0873. The van der Waals surface area contributed by atoms with Crippen LogP contribution < -0.4 is 16.8 Å². The Morgan fingerprint density at radius 2 is 1.96 bits per heavy atom. The van der Waals surface area contributed by atoms with Crippen LogP contribution in [0.5, 0.6) is 0 Å². The van der Waals surface area contributed by atoms with Crippen LogP contribution >= 0.6 is 0 Å². The van der Waals surface area contributed by atoms with Crippen LogP contribution in [0.25, 0.3) is 0 Å². The summed E-state index contributed by atoms with van der Waals surface area (Å²) in [4.78, 5) is 32.4. The molecule has 2 unspecified atom stereocenters. The number of nitrogens with two attached hydrogens (primary N) is 2. The van der Waals surface area contributed by atoms with Gasteiger partial charge in [-0.3, -0.25) is 9.59 Å².